The molecule has 0 aromatic carbocycles. The first-order valence-corrected chi connectivity index (χ1v) is 1.88. The van der Waals surface area contributed by atoms with Crippen LogP contribution in [0, 0.1) is 30.6 Å². The van der Waals surface area contributed by atoms with Crippen LogP contribution in [-0.2, 0) is 0 Å². The Balaban J connectivity index is -0.0000000270. The van der Waals surface area contributed by atoms with E-state index in [-0.39, 0.29) is 89.1 Å². The predicted molar refractivity (Wildman–Crippen MR) is 40.2 cm³/mol. The quantitative estimate of drug-likeness (QED) is 0.247. The molecule has 11 nitrogen and oxygen atoms in total. The van der Waals surface area contributed by atoms with Gasteiger partial charge in [0.05, 0.1) is 10.2 Å². The number of rotatable bonds is 0. The van der Waals surface area contributed by atoms with Crippen molar-refractivity contribution in [3.05, 3.63) is 30.6 Å². The standard InChI is InChI=1S/CH4N2O.Ca.K.2NO3/c2-1(3)4;;;2*2-1(3)4/h(H4,2,3,4);;;;/q;+2;+1;2*-1. The van der Waals surface area contributed by atoms with Gasteiger partial charge < -0.3 is 42.1 Å². The molecule has 0 aliphatic carbocycles. The van der Waals surface area contributed by atoms with Crippen molar-refractivity contribution in [1.82, 2.24) is 0 Å². The van der Waals surface area contributed by atoms with Gasteiger partial charge in [-0.25, -0.2) is 4.79 Å². The molecule has 0 radical (unpaired) electrons. The smallest absolute Gasteiger partial charge is 0.356 e. The molecule has 72 valence electrons. The number of primary amides is 2. The summed E-state index contributed by atoms with van der Waals surface area (Å²) in [4.78, 5) is 25.5. The zero-order chi connectivity index (χ0) is 10.7. The number of nitrogens with zero attached hydrogens (tertiary/aromatic N) is 2. The van der Waals surface area contributed by atoms with Gasteiger partial charge >= 0.3 is 95.2 Å². The van der Waals surface area contributed by atoms with E-state index in [0.29, 0.717) is 0 Å². The Morgan fingerprint density at radius 1 is 0.929 bits per heavy atom. The number of urea groups is 1. The van der Waals surface area contributed by atoms with Gasteiger partial charge in [-0.15, -0.1) is 0 Å². The number of nitrogens with two attached hydrogens (primary N) is 2. The first-order valence-electron chi connectivity index (χ1n) is 1.88. The topological polar surface area (TPSA) is 202 Å². The molecule has 0 unspecified atom stereocenters. The predicted octanol–water partition coefficient (Wildman–Crippen LogP) is -4.83. The minimum Gasteiger partial charge on any atom is -0.356 e. The molecule has 13 heteroatoms. The normalized spacial score (nSPS) is 5.14. The Kier molecular flexibility index (Phi) is 49.0. The molecule has 0 aromatic rings. The molecule has 0 aliphatic rings. The van der Waals surface area contributed by atoms with Gasteiger partial charge in [0.15, 0.2) is 0 Å². The van der Waals surface area contributed by atoms with E-state index in [2.05, 4.69) is 11.5 Å². The van der Waals surface area contributed by atoms with E-state index in [0.717, 1.165) is 0 Å². The van der Waals surface area contributed by atoms with Gasteiger partial charge in [0.1, 0.15) is 0 Å². The maximum Gasteiger partial charge on any atom is 2.00 e. The van der Waals surface area contributed by atoms with Gasteiger partial charge in [-0.05, 0) is 0 Å². The molecular formula is CH4CaKN4O7+. The molecule has 0 saturated carbocycles. The second kappa shape index (κ2) is 23.4. The molecule has 14 heavy (non-hydrogen) atoms. The number of carbonyl (C=O) groups excluding carboxylic acids is 1. The summed E-state index contributed by atoms with van der Waals surface area (Å²) in [5.41, 5.74) is 8.50. The van der Waals surface area contributed by atoms with Gasteiger partial charge in [0.25, 0.3) is 0 Å². The minimum absolute atomic E-state index is 0. The van der Waals surface area contributed by atoms with Gasteiger partial charge in [0.2, 0.25) is 0 Å². The van der Waals surface area contributed by atoms with Crippen LogP contribution in [0.15, 0.2) is 0 Å². The van der Waals surface area contributed by atoms with Crippen LogP contribution < -0.4 is 62.9 Å². The third-order valence-electron chi connectivity index (χ3n) is 0. The van der Waals surface area contributed by atoms with Crippen LogP contribution in [0.4, 0.5) is 4.79 Å². The van der Waals surface area contributed by atoms with E-state index >= 15 is 0 Å². The van der Waals surface area contributed by atoms with E-state index < -0.39 is 16.2 Å². The molecule has 0 saturated heterocycles. The molecular weight excluding hydrogens is 259 g/mol. The summed E-state index contributed by atoms with van der Waals surface area (Å²) in [5, 5.41) is 29.5. The van der Waals surface area contributed by atoms with E-state index in [4.69, 9.17) is 35.4 Å². The fraction of sp³-hybridized carbons (Fsp3) is 0. The molecule has 0 bridgehead atoms. The first-order chi connectivity index (χ1) is 5.20. The summed E-state index contributed by atoms with van der Waals surface area (Å²) in [5.74, 6) is 0. The molecule has 0 atom stereocenters. The average molecular weight is 263 g/mol. The minimum atomic E-state index is -1.75. The zero-order valence-corrected chi connectivity index (χ0v) is 12.4. The molecule has 0 rings (SSSR count). The molecule has 2 amide bonds. The zero-order valence-electron chi connectivity index (χ0n) is 7.11. The Morgan fingerprint density at radius 2 is 0.929 bits per heavy atom. The summed E-state index contributed by atoms with van der Waals surface area (Å²) in [7, 11) is 0. The van der Waals surface area contributed by atoms with E-state index in [1.54, 1.807) is 0 Å². The molecule has 4 N–H and O–H groups in total. The second-order valence-electron chi connectivity index (χ2n) is 0.850. The van der Waals surface area contributed by atoms with Crippen molar-refractivity contribution in [2.45, 2.75) is 0 Å². The molecule has 0 spiro atoms. The Labute approximate surface area is 149 Å². The second-order valence-corrected chi connectivity index (χ2v) is 0.850. The van der Waals surface area contributed by atoms with Crippen LogP contribution in [0.3, 0.4) is 0 Å². The summed E-state index contributed by atoms with van der Waals surface area (Å²) in [6.45, 7) is 0. The van der Waals surface area contributed by atoms with Gasteiger partial charge in [-0.1, -0.05) is 0 Å². The summed E-state index contributed by atoms with van der Waals surface area (Å²) in [6, 6.07) is -0.833. The maximum atomic E-state index is 9.00. The van der Waals surface area contributed by atoms with Crippen molar-refractivity contribution in [3.8, 4) is 0 Å². The molecule has 0 fully saturated rings. The summed E-state index contributed by atoms with van der Waals surface area (Å²) >= 11 is 0. The van der Waals surface area contributed by atoms with Crippen LogP contribution >= 0.6 is 0 Å². The van der Waals surface area contributed by atoms with Gasteiger partial charge in [-0.2, -0.15) is 0 Å². The third-order valence-corrected chi connectivity index (χ3v) is 0. The Morgan fingerprint density at radius 3 is 0.929 bits per heavy atom. The van der Waals surface area contributed by atoms with Crippen LogP contribution in [0.2, 0.25) is 0 Å². The van der Waals surface area contributed by atoms with Crippen molar-refractivity contribution in [2.24, 2.45) is 11.5 Å². The van der Waals surface area contributed by atoms with E-state index in [9.17, 15) is 0 Å². The van der Waals surface area contributed by atoms with Gasteiger partial charge in [0, 0.05) is 0 Å². The van der Waals surface area contributed by atoms with Crippen molar-refractivity contribution < 1.29 is 66.4 Å². The number of amides is 2. The number of hydrogen-bond acceptors (Lipinski definition) is 7. The molecule has 0 aliphatic heterocycles. The number of hydrogen-bond donors (Lipinski definition) is 2. The molecule has 0 heterocycles. The van der Waals surface area contributed by atoms with Crippen molar-refractivity contribution in [1.29, 1.82) is 0 Å². The number of carbonyl (C=O) groups is 1. The fourth-order valence-corrected chi connectivity index (χ4v) is 0. The maximum absolute atomic E-state index is 9.00. The monoisotopic (exact) mass is 263 g/mol. The van der Waals surface area contributed by atoms with Crippen LogP contribution in [0.25, 0.3) is 0 Å². The average Bonchev–Trinajstić information content (AvgIpc) is 1.54. The van der Waals surface area contributed by atoms with Gasteiger partial charge in [-0.3, -0.25) is 0 Å². The Bertz CT molecular complexity index is 123. The first kappa shape index (κ1) is 29.3. The van der Waals surface area contributed by atoms with Crippen molar-refractivity contribution >= 4 is 43.8 Å². The van der Waals surface area contributed by atoms with E-state index in [1.807, 2.05) is 0 Å². The van der Waals surface area contributed by atoms with Crippen molar-refractivity contribution in [2.75, 3.05) is 0 Å². The SMILES string of the molecule is NC(N)=O.O=[N+]([O-])[O-].O=[N+]([O-])[O-].[Ca+2].[K+]. The summed E-state index contributed by atoms with van der Waals surface area (Å²) in [6.07, 6.45) is 0. The largest absolute Gasteiger partial charge is 2.00 e. The third kappa shape index (κ3) is 5250. The van der Waals surface area contributed by atoms with Crippen LogP contribution in [0.5, 0.6) is 0 Å². The van der Waals surface area contributed by atoms with E-state index in [1.165, 1.54) is 0 Å². The summed E-state index contributed by atoms with van der Waals surface area (Å²) < 4.78 is 0. The Hall–Kier alpha value is 0.566. The van der Waals surface area contributed by atoms with Crippen molar-refractivity contribution in [3.63, 3.8) is 0 Å². The fourth-order valence-electron chi connectivity index (χ4n) is 0. The molecule has 0 aromatic heterocycles. The van der Waals surface area contributed by atoms with Crippen LogP contribution in [-0.4, -0.2) is 53.9 Å². The van der Waals surface area contributed by atoms with Crippen LogP contribution in [0.1, 0.15) is 0 Å².